The second kappa shape index (κ2) is 5.33. The van der Waals surface area contributed by atoms with Crippen molar-refractivity contribution in [1.82, 2.24) is 4.90 Å². The Kier molecular flexibility index (Phi) is 4.01. The van der Waals surface area contributed by atoms with Crippen LogP contribution in [0.15, 0.2) is 0 Å². The van der Waals surface area contributed by atoms with Crippen molar-refractivity contribution in [3.63, 3.8) is 0 Å². The fourth-order valence-electron chi connectivity index (χ4n) is 2.75. The lowest BCUT2D eigenvalue weighted by molar-refractivity contribution is -0.196. The van der Waals surface area contributed by atoms with Crippen LogP contribution in [0.4, 0.5) is 0 Å². The van der Waals surface area contributed by atoms with Crippen LogP contribution in [0.2, 0.25) is 0 Å². The van der Waals surface area contributed by atoms with E-state index in [4.69, 9.17) is 9.47 Å². The number of carboxylic acids is 1. The van der Waals surface area contributed by atoms with Crippen molar-refractivity contribution in [3.8, 4) is 0 Å². The van der Waals surface area contributed by atoms with Gasteiger partial charge >= 0.3 is 5.97 Å². The molecule has 0 aromatic heterocycles. The summed E-state index contributed by atoms with van der Waals surface area (Å²) in [6.45, 7) is 4.67. The third-order valence-electron chi connectivity index (χ3n) is 3.55. The van der Waals surface area contributed by atoms with Gasteiger partial charge in [0.15, 0.2) is 5.79 Å². The zero-order chi connectivity index (χ0) is 12.3. The third kappa shape index (κ3) is 2.78. The summed E-state index contributed by atoms with van der Waals surface area (Å²) in [6.07, 6.45) is 3.38. The smallest absolute Gasteiger partial charge is 0.320 e. The van der Waals surface area contributed by atoms with Crippen LogP contribution in [-0.2, 0) is 14.3 Å². The molecule has 5 heteroatoms. The third-order valence-corrected chi connectivity index (χ3v) is 3.55. The maximum atomic E-state index is 11.3. The molecule has 5 nitrogen and oxygen atoms in total. The number of nitrogens with zero attached hydrogens (tertiary/aromatic N) is 1. The predicted molar refractivity (Wildman–Crippen MR) is 61.8 cm³/mol. The van der Waals surface area contributed by atoms with Gasteiger partial charge in [-0.3, -0.25) is 9.69 Å². The molecule has 2 fully saturated rings. The number of aliphatic carboxylic acids is 1. The summed E-state index contributed by atoms with van der Waals surface area (Å²) < 4.78 is 11.3. The summed E-state index contributed by atoms with van der Waals surface area (Å²) in [5, 5.41) is 9.26. The Morgan fingerprint density at radius 3 is 2.76 bits per heavy atom. The Labute approximate surface area is 102 Å². The Morgan fingerprint density at radius 2 is 2.18 bits per heavy atom. The number of hydrogen-bond donors (Lipinski definition) is 1. The molecule has 2 aliphatic heterocycles. The molecule has 17 heavy (non-hydrogen) atoms. The van der Waals surface area contributed by atoms with Crippen molar-refractivity contribution in [3.05, 3.63) is 0 Å². The Morgan fingerprint density at radius 1 is 1.47 bits per heavy atom. The minimum atomic E-state index is -0.734. The normalized spacial score (nSPS) is 26.2. The molecular weight excluding hydrogens is 222 g/mol. The van der Waals surface area contributed by atoms with Crippen LogP contribution >= 0.6 is 0 Å². The van der Waals surface area contributed by atoms with Gasteiger partial charge in [0, 0.05) is 6.42 Å². The van der Waals surface area contributed by atoms with Gasteiger partial charge < -0.3 is 14.6 Å². The molecule has 0 saturated carbocycles. The Bertz CT molecular complexity index is 276. The Hall–Kier alpha value is -0.650. The minimum Gasteiger partial charge on any atom is -0.480 e. The van der Waals surface area contributed by atoms with Gasteiger partial charge in [-0.15, -0.1) is 0 Å². The number of rotatable bonds is 4. The predicted octanol–water partition coefficient (Wildman–Crippen LogP) is 1.08. The minimum absolute atomic E-state index is 0.398. The van der Waals surface area contributed by atoms with Gasteiger partial charge in [-0.1, -0.05) is 13.3 Å². The first-order valence-corrected chi connectivity index (χ1v) is 6.42. The van der Waals surface area contributed by atoms with Crippen molar-refractivity contribution in [2.75, 3.05) is 26.3 Å². The van der Waals surface area contributed by atoms with Gasteiger partial charge in [0.25, 0.3) is 0 Å². The lowest BCUT2D eigenvalue weighted by atomic mass is 10.0. The highest BCUT2D eigenvalue weighted by Crippen LogP contribution is 2.31. The second-order valence-corrected chi connectivity index (χ2v) is 4.82. The van der Waals surface area contributed by atoms with Crippen LogP contribution in [0.1, 0.15) is 32.6 Å². The highest BCUT2D eigenvalue weighted by molar-refractivity contribution is 5.73. The standard InChI is InChI=1S/C12H21NO4/c1-2-4-10(11(14)15)13-6-3-5-12(9-13)16-7-8-17-12/h10H,2-9H2,1H3,(H,14,15). The maximum absolute atomic E-state index is 11.3. The molecule has 0 aromatic rings. The molecule has 1 N–H and O–H groups in total. The molecule has 1 atom stereocenters. The first kappa shape index (κ1) is 12.8. The number of hydrogen-bond acceptors (Lipinski definition) is 4. The molecule has 0 amide bonds. The van der Waals surface area contributed by atoms with E-state index in [0.29, 0.717) is 26.2 Å². The molecule has 1 spiro atoms. The average molecular weight is 243 g/mol. The van der Waals surface area contributed by atoms with E-state index in [-0.39, 0.29) is 0 Å². The summed E-state index contributed by atoms with van der Waals surface area (Å²) >= 11 is 0. The van der Waals surface area contributed by atoms with Crippen LogP contribution in [0.25, 0.3) is 0 Å². The average Bonchev–Trinajstić information content (AvgIpc) is 2.73. The summed E-state index contributed by atoms with van der Waals surface area (Å²) in [4.78, 5) is 13.3. The molecule has 2 rings (SSSR count). The highest BCUT2D eigenvalue weighted by Gasteiger charge is 2.43. The van der Waals surface area contributed by atoms with Crippen LogP contribution in [0.5, 0.6) is 0 Å². The van der Waals surface area contributed by atoms with Crippen LogP contribution in [0, 0.1) is 0 Å². The number of carboxylic acid groups (broad SMARTS) is 1. The molecule has 2 aliphatic rings. The van der Waals surface area contributed by atoms with E-state index in [9.17, 15) is 9.90 Å². The maximum Gasteiger partial charge on any atom is 0.320 e. The van der Waals surface area contributed by atoms with Crippen molar-refractivity contribution >= 4 is 5.97 Å². The topological polar surface area (TPSA) is 59.0 Å². The molecule has 98 valence electrons. The van der Waals surface area contributed by atoms with E-state index in [1.807, 2.05) is 11.8 Å². The van der Waals surface area contributed by atoms with Gasteiger partial charge in [-0.2, -0.15) is 0 Å². The molecule has 0 bridgehead atoms. The van der Waals surface area contributed by atoms with E-state index in [1.54, 1.807) is 0 Å². The quantitative estimate of drug-likeness (QED) is 0.800. The number of carbonyl (C=O) groups is 1. The van der Waals surface area contributed by atoms with E-state index >= 15 is 0 Å². The molecule has 0 aliphatic carbocycles. The van der Waals surface area contributed by atoms with Gasteiger partial charge in [-0.05, 0) is 19.4 Å². The van der Waals surface area contributed by atoms with Crippen molar-refractivity contribution in [2.24, 2.45) is 0 Å². The first-order chi connectivity index (χ1) is 8.17. The van der Waals surface area contributed by atoms with Crippen molar-refractivity contribution in [1.29, 1.82) is 0 Å². The molecule has 0 radical (unpaired) electrons. The molecule has 1 unspecified atom stereocenters. The summed E-state index contributed by atoms with van der Waals surface area (Å²) in [6, 6.07) is -0.398. The van der Waals surface area contributed by atoms with Gasteiger partial charge in [0.05, 0.1) is 19.8 Å². The Balaban J connectivity index is 2.02. The lowest BCUT2D eigenvalue weighted by Gasteiger charge is -2.41. The molecule has 2 heterocycles. The molecular formula is C12H21NO4. The zero-order valence-electron chi connectivity index (χ0n) is 10.4. The summed E-state index contributed by atoms with van der Waals surface area (Å²) in [5.41, 5.74) is 0. The van der Waals surface area contributed by atoms with Gasteiger partial charge in [0.1, 0.15) is 6.04 Å². The van der Waals surface area contributed by atoms with Gasteiger partial charge in [-0.25, -0.2) is 0 Å². The zero-order valence-corrected chi connectivity index (χ0v) is 10.4. The second-order valence-electron chi connectivity index (χ2n) is 4.82. The van der Waals surface area contributed by atoms with Crippen LogP contribution in [-0.4, -0.2) is 54.1 Å². The SMILES string of the molecule is CCCC(C(=O)O)N1CCCC2(C1)OCCO2. The van der Waals surface area contributed by atoms with E-state index in [2.05, 4.69) is 0 Å². The fourth-order valence-corrected chi connectivity index (χ4v) is 2.75. The van der Waals surface area contributed by atoms with Crippen molar-refractivity contribution < 1.29 is 19.4 Å². The monoisotopic (exact) mass is 243 g/mol. The van der Waals surface area contributed by atoms with E-state index < -0.39 is 17.8 Å². The number of ether oxygens (including phenoxy) is 2. The highest BCUT2D eigenvalue weighted by atomic mass is 16.7. The van der Waals surface area contributed by atoms with Gasteiger partial charge in [0.2, 0.25) is 0 Å². The van der Waals surface area contributed by atoms with E-state index in [0.717, 1.165) is 25.8 Å². The largest absolute Gasteiger partial charge is 0.480 e. The van der Waals surface area contributed by atoms with E-state index in [1.165, 1.54) is 0 Å². The molecule has 2 saturated heterocycles. The van der Waals surface area contributed by atoms with Crippen molar-refractivity contribution in [2.45, 2.75) is 44.4 Å². The number of piperidine rings is 1. The lowest BCUT2D eigenvalue weighted by Crippen LogP contribution is -2.54. The molecule has 0 aromatic carbocycles. The van der Waals surface area contributed by atoms with Crippen LogP contribution in [0.3, 0.4) is 0 Å². The first-order valence-electron chi connectivity index (χ1n) is 6.42. The summed E-state index contributed by atoms with van der Waals surface area (Å²) in [7, 11) is 0. The number of likely N-dealkylation sites (tertiary alicyclic amines) is 1. The summed E-state index contributed by atoms with van der Waals surface area (Å²) in [5.74, 6) is -1.26. The fraction of sp³-hybridized carbons (Fsp3) is 0.917. The van der Waals surface area contributed by atoms with Crippen LogP contribution < -0.4 is 0 Å².